The van der Waals surface area contributed by atoms with Crippen molar-refractivity contribution in [3.05, 3.63) is 48.0 Å². The summed E-state index contributed by atoms with van der Waals surface area (Å²) in [6.45, 7) is 4.28. The van der Waals surface area contributed by atoms with E-state index in [1.165, 1.54) is 25.7 Å². The second kappa shape index (κ2) is 9.16. The normalized spacial score (nSPS) is 11.3. The largest absolute Gasteiger partial charge is 0.492 e. The number of ether oxygens (including phenoxy) is 1. The number of anilines is 2. The summed E-state index contributed by atoms with van der Waals surface area (Å²) in [6, 6.07) is 12.8. The number of rotatable bonds is 7. The molecule has 6 nitrogen and oxygen atoms in total. The Hall–Kier alpha value is -2.16. The van der Waals surface area contributed by atoms with Gasteiger partial charge in [-0.15, -0.1) is 0 Å². The molecule has 27 heavy (non-hydrogen) atoms. The molecule has 0 aromatic heterocycles. The van der Waals surface area contributed by atoms with Crippen molar-refractivity contribution < 1.29 is 13.2 Å². The molecule has 2 aromatic rings. The van der Waals surface area contributed by atoms with Crippen molar-refractivity contribution in [1.29, 1.82) is 0 Å². The molecule has 0 spiro atoms. The van der Waals surface area contributed by atoms with Gasteiger partial charge < -0.3 is 15.4 Å². The van der Waals surface area contributed by atoms with Crippen molar-refractivity contribution in [1.82, 2.24) is 4.31 Å². The number of thiocarbonyl (C=S) groups is 1. The van der Waals surface area contributed by atoms with E-state index in [1.54, 1.807) is 19.1 Å². The number of aryl methyl sites for hydroxylation is 1. The standard InChI is InChI=1S/C19H25N3O3S2/c1-5-14-7-9-15(10-8-14)20-19(26)21-16-11-12-17(25-6-2)18(13-16)27(23,24)22(3)4/h7-13H,5-6H2,1-4H3,(H2,20,21,26). The molecule has 0 bridgehead atoms. The van der Waals surface area contributed by atoms with Crippen LogP contribution in [-0.4, -0.2) is 38.5 Å². The molecule has 0 heterocycles. The minimum atomic E-state index is -3.65. The molecular formula is C19H25N3O3S2. The summed E-state index contributed by atoms with van der Waals surface area (Å²) in [5.74, 6) is 0.311. The number of benzene rings is 2. The van der Waals surface area contributed by atoms with Gasteiger partial charge in [-0.05, 0) is 61.5 Å². The SMILES string of the molecule is CCOc1ccc(NC(=S)Nc2ccc(CC)cc2)cc1S(=O)(=O)N(C)C. The van der Waals surface area contributed by atoms with Gasteiger partial charge in [0.05, 0.1) is 6.61 Å². The Labute approximate surface area is 166 Å². The Morgan fingerprint density at radius 2 is 1.63 bits per heavy atom. The zero-order chi connectivity index (χ0) is 20.0. The molecule has 0 aliphatic rings. The van der Waals surface area contributed by atoms with Crippen LogP contribution in [-0.2, 0) is 16.4 Å². The first-order valence-corrected chi connectivity index (χ1v) is 10.5. The summed E-state index contributed by atoms with van der Waals surface area (Å²) in [5, 5.41) is 6.49. The molecule has 2 N–H and O–H groups in total. The van der Waals surface area contributed by atoms with Gasteiger partial charge in [0.25, 0.3) is 0 Å². The Balaban J connectivity index is 2.21. The third-order valence-corrected chi connectivity index (χ3v) is 5.92. The monoisotopic (exact) mass is 407 g/mol. The van der Waals surface area contributed by atoms with E-state index < -0.39 is 10.0 Å². The molecule has 0 amide bonds. The third kappa shape index (κ3) is 5.41. The maximum atomic E-state index is 12.6. The molecule has 0 saturated carbocycles. The summed E-state index contributed by atoms with van der Waals surface area (Å²) in [4.78, 5) is 0.0921. The van der Waals surface area contributed by atoms with Crippen molar-refractivity contribution in [3.63, 3.8) is 0 Å². The zero-order valence-electron chi connectivity index (χ0n) is 15.9. The van der Waals surface area contributed by atoms with Crippen molar-refractivity contribution in [2.45, 2.75) is 25.2 Å². The Bertz CT molecular complexity index is 895. The topological polar surface area (TPSA) is 70.7 Å². The van der Waals surface area contributed by atoms with E-state index in [2.05, 4.69) is 17.6 Å². The van der Waals surface area contributed by atoms with Crippen molar-refractivity contribution >= 4 is 38.7 Å². The van der Waals surface area contributed by atoms with Crippen LogP contribution < -0.4 is 15.4 Å². The molecule has 0 saturated heterocycles. The number of hydrogen-bond donors (Lipinski definition) is 2. The van der Waals surface area contributed by atoms with Crippen LogP contribution in [0.4, 0.5) is 11.4 Å². The molecule has 0 atom stereocenters. The van der Waals surface area contributed by atoms with Gasteiger partial charge in [0.2, 0.25) is 10.0 Å². The lowest BCUT2D eigenvalue weighted by Crippen LogP contribution is -2.24. The van der Waals surface area contributed by atoms with E-state index in [4.69, 9.17) is 17.0 Å². The number of hydrogen-bond acceptors (Lipinski definition) is 4. The number of nitrogens with zero attached hydrogens (tertiary/aromatic N) is 1. The highest BCUT2D eigenvalue weighted by atomic mass is 32.2. The van der Waals surface area contributed by atoms with Crippen LogP contribution >= 0.6 is 12.2 Å². The fraction of sp³-hybridized carbons (Fsp3) is 0.316. The van der Waals surface area contributed by atoms with Crippen LogP contribution in [0.1, 0.15) is 19.4 Å². The quantitative estimate of drug-likeness (QED) is 0.682. The molecule has 2 aromatic carbocycles. The van der Waals surface area contributed by atoms with Gasteiger partial charge in [-0.3, -0.25) is 0 Å². The lowest BCUT2D eigenvalue weighted by molar-refractivity contribution is 0.330. The molecule has 8 heteroatoms. The van der Waals surface area contributed by atoms with Gasteiger partial charge in [-0.25, -0.2) is 12.7 Å². The van der Waals surface area contributed by atoms with Gasteiger partial charge >= 0.3 is 0 Å². The molecule has 2 rings (SSSR count). The maximum absolute atomic E-state index is 12.6. The van der Waals surface area contributed by atoms with Crippen molar-refractivity contribution in [2.24, 2.45) is 0 Å². The fourth-order valence-electron chi connectivity index (χ4n) is 2.38. The average Bonchev–Trinajstić information content (AvgIpc) is 2.63. The summed E-state index contributed by atoms with van der Waals surface area (Å²) in [6.07, 6.45) is 0.971. The first kappa shape index (κ1) is 21.1. The van der Waals surface area contributed by atoms with Crippen molar-refractivity contribution in [2.75, 3.05) is 31.3 Å². The highest BCUT2D eigenvalue weighted by Gasteiger charge is 2.23. The van der Waals surface area contributed by atoms with Crippen LogP contribution in [0.15, 0.2) is 47.4 Å². The Morgan fingerprint density at radius 3 is 2.19 bits per heavy atom. The molecule has 0 aliphatic heterocycles. The van der Waals surface area contributed by atoms with Gasteiger partial charge in [0, 0.05) is 25.5 Å². The molecule has 0 fully saturated rings. The fourth-order valence-corrected chi connectivity index (χ4v) is 3.66. The van der Waals surface area contributed by atoms with Crippen molar-refractivity contribution in [3.8, 4) is 5.75 Å². The predicted octanol–water partition coefficient (Wildman–Crippen LogP) is 3.71. The second-order valence-corrected chi connectivity index (χ2v) is 8.54. The Kier molecular flexibility index (Phi) is 7.18. The lowest BCUT2D eigenvalue weighted by Gasteiger charge is -2.17. The van der Waals surface area contributed by atoms with E-state index in [0.29, 0.717) is 23.2 Å². The van der Waals surface area contributed by atoms with Crippen LogP contribution in [0.3, 0.4) is 0 Å². The summed E-state index contributed by atoms with van der Waals surface area (Å²) < 4.78 is 31.8. The van der Waals surface area contributed by atoms with Crippen LogP contribution in [0.5, 0.6) is 5.75 Å². The maximum Gasteiger partial charge on any atom is 0.246 e. The van der Waals surface area contributed by atoms with Gasteiger partial charge in [0.1, 0.15) is 10.6 Å². The lowest BCUT2D eigenvalue weighted by atomic mass is 10.1. The summed E-state index contributed by atoms with van der Waals surface area (Å²) in [7, 11) is -0.683. The minimum absolute atomic E-state index is 0.0921. The van der Waals surface area contributed by atoms with E-state index in [9.17, 15) is 8.42 Å². The van der Waals surface area contributed by atoms with E-state index in [0.717, 1.165) is 16.4 Å². The summed E-state index contributed by atoms with van der Waals surface area (Å²) in [5.41, 5.74) is 2.66. The van der Waals surface area contributed by atoms with E-state index >= 15 is 0 Å². The minimum Gasteiger partial charge on any atom is -0.492 e. The molecule has 146 valence electrons. The zero-order valence-corrected chi connectivity index (χ0v) is 17.6. The first-order valence-electron chi connectivity index (χ1n) is 8.64. The number of sulfonamides is 1. The molecule has 0 aliphatic carbocycles. The van der Waals surface area contributed by atoms with E-state index in [1.807, 2.05) is 24.3 Å². The van der Waals surface area contributed by atoms with Gasteiger partial charge in [-0.2, -0.15) is 0 Å². The first-order chi connectivity index (χ1) is 12.8. The van der Waals surface area contributed by atoms with Gasteiger partial charge in [-0.1, -0.05) is 19.1 Å². The predicted molar refractivity (Wildman–Crippen MR) is 114 cm³/mol. The van der Waals surface area contributed by atoms with Crippen LogP contribution in [0, 0.1) is 0 Å². The highest BCUT2D eigenvalue weighted by molar-refractivity contribution is 7.89. The van der Waals surface area contributed by atoms with Gasteiger partial charge in [0.15, 0.2) is 5.11 Å². The number of nitrogens with one attached hydrogen (secondary N) is 2. The highest BCUT2D eigenvalue weighted by Crippen LogP contribution is 2.29. The molecule has 0 radical (unpaired) electrons. The molecular weight excluding hydrogens is 382 g/mol. The van der Waals surface area contributed by atoms with Crippen LogP contribution in [0.25, 0.3) is 0 Å². The summed E-state index contributed by atoms with van der Waals surface area (Å²) >= 11 is 5.34. The Morgan fingerprint density at radius 1 is 1.04 bits per heavy atom. The molecule has 0 unspecified atom stereocenters. The third-order valence-electron chi connectivity index (χ3n) is 3.88. The second-order valence-electron chi connectivity index (χ2n) is 6.01. The average molecular weight is 408 g/mol. The smallest absolute Gasteiger partial charge is 0.246 e. The van der Waals surface area contributed by atoms with E-state index in [-0.39, 0.29) is 4.90 Å². The van der Waals surface area contributed by atoms with Crippen LogP contribution in [0.2, 0.25) is 0 Å².